The first-order chi connectivity index (χ1) is 10.4. The molecule has 1 rings (SSSR count). The number of aliphatic carboxylic acids is 1. The number of urea groups is 1. The lowest BCUT2D eigenvalue weighted by Crippen LogP contribution is -2.41. The van der Waals surface area contributed by atoms with Gasteiger partial charge in [-0.05, 0) is 12.1 Å². The number of hydrogen-bond donors (Lipinski definition) is 4. The summed E-state index contributed by atoms with van der Waals surface area (Å²) in [5, 5.41) is 22.5. The average Bonchev–Trinajstić information content (AvgIpc) is 2.46. The van der Waals surface area contributed by atoms with Gasteiger partial charge in [-0.3, -0.25) is 4.79 Å². The van der Waals surface area contributed by atoms with Crippen LogP contribution in [0, 0.1) is 11.6 Å². The van der Waals surface area contributed by atoms with Crippen LogP contribution in [-0.4, -0.2) is 48.0 Å². The van der Waals surface area contributed by atoms with Crippen molar-refractivity contribution < 1.29 is 33.3 Å². The fourth-order valence-corrected chi connectivity index (χ4v) is 1.37. The minimum atomic E-state index is -1.07. The third-order valence-electron chi connectivity index (χ3n) is 2.46. The maximum atomic E-state index is 12.9. The van der Waals surface area contributed by atoms with E-state index in [-0.39, 0.29) is 31.9 Å². The molecule has 0 saturated carbocycles. The Balaban J connectivity index is 2.22. The number of amides is 2. The third kappa shape index (κ3) is 6.84. The Labute approximate surface area is 124 Å². The Morgan fingerprint density at radius 3 is 2.59 bits per heavy atom. The maximum Gasteiger partial charge on any atom is 0.314 e. The van der Waals surface area contributed by atoms with Crippen LogP contribution in [-0.2, 0) is 4.79 Å². The Bertz CT molecular complexity index is 527. The highest BCUT2D eigenvalue weighted by atomic mass is 19.2. The SMILES string of the molecule is O=C(O)CCNC(=O)NCC(O)COc1ccc(F)c(F)c1. The molecule has 0 aliphatic carbocycles. The molecule has 1 aromatic carbocycles. The molecule has 0 aromatic heterocycles. The van der Waals surface area contributed by atoms with Crippen LogP contribution in [0.4, 0.5) is 13.6 Å². The monoisotopic (exact) mass is 318 g/mol. The third-order valence-corrected chi connectivity index (χ3v) is 2.46. The Hall–Kier alpha value is -2.42. The number of carbonyl (C=O) groups excluding carboxylic acids is 1. The highest BCUT2D eigenvalue weighted by Gasteiger charge is 2.09. The van der Waals surface area contributed by atoms with E-state index in [4.69, 9.17) is 9.84 Å². The number of carbonyl (C=O) groups is 2. The second kappa shape index (κ2) is 8.78. The van der Waals surface area contributed by atoms with Crippen molar-refractivity contribution in [3.8, 4) is 5.75 Å². The summed E-state index contributed by atoms with van der Waals surface area (Å²) in [6, 6.07) is 2.31. The molecule has 1 unspecified atom stereocenters. The molecule has 1 aromatic rings. The Morgan fingerprint density at radius 1 is 1.23 bits per heavy atom. The van der Waals surface area contributed by atoms with E-state index in [9.17, 15) is 23.5 Å². The molecule has 0 fully saturated rings. The molecule has 0 bridgehead atoms. The highest BCUT2D eigenvalue weighted by molar-refractivity contribution is 5.74. The van der Waals surface area contributed by atoms with Gasteiger partial charge in [0.15, 0.2) is 11.6 Å². The standard InChI is InChI=1S/C13H16F2N2O5/c14-10-2-1-9(5-11(10)15)22-7-8(18)6-17-13(21)16-4-3-12(19)20/h1-2,5,8,18H,3-4,6-7H2,(H,19,20)(H2,16,17,21). The second-order valence-corrected chi connectivity index (χ2v) is 4.32. The van der Waals surface area contributed by atoms with Gasteiger partial charge in [-0.25, -0.2) is 13.6 Å². The van der Waals surface area contributed by atoms with Crippen molar-refractivity contribution in [3.05, 3.63) is 29.8 Å². The van der Waals surface area contributed by atoms with Crippen LogP contribution >= 0.6 is 0 Å². The van der Waals surface area contributed by atoms with Crippen molar-refractivity contribution in [2.75, 3.05) is 19.7 Å². The topological polar surface area (TPSA) is 108 Å². The lowest BCUT2D eigenvalue weighted by molar-refractivity contribution is -0.136. The first-order valence-corrected chi connectivity index (χ1v) is 6.38. The van der Waals surface area contributed by atoms with Gasteiger partial charge in [0.05, 0.1) is 6.42 Å². The molecule has 22 heavy (non-hydrogen) atoms. The summed E-state index contributed by atoms with van der Waals surface area (Å²) in [5.41, 5.74) is 0. The summed E-state index contributed by atoms with van der Waals surface area (Å²) in [7, 11) is 0. The average molecular weight is 318 g/mol. The molecule has 1 atom stereocenters. The minimum absolute atomic E-state index is 0.0391. The number of benzene rings is 1. The van der Waals surface area contributed by atoms with Gasteiger partial charge in [-0.1, -0.05) is 0 Å². The number of ether oxygens (including phenoxy) is 1. The van der Waals surface area contributed by atoms with Crippen molar-refractivity contribution in [3.63, 3.8) is 0 Å². The predicted molar refractivity (Wildman–Crippen MR) is 71.5 cm³/mol. The smallest absolute Gasteiger partial charge is 0.314 e. The fourth-order valence-electron chi connectivity index (χ4n) is 1.37. The van der Waals surface area contributed by atoms with Gasteiger partial charge in [0.2, 0.25) is 0 Å². The molecular weight excluding hydrogens is 302 g/mol. The van der Waals surface area contributed by atoms with Gasteiger partial charge in [-0.15, -0.1) is 0 Å². The summed E-state index contributed by atoms with van der Waals surface area (Å²) in [6.45, 7) is -0.425. The number of rotatable bonds is 8. The van der Waals surface area contributed by atoms with Crippen molar-refractivity contribution >= 4 is 12.0 Å². The maximum absolute atomic E-state index is 12.9. The Kier molecular flexibility index (Phi) is 7.03. The van der Waals surface area contributed by atoms with Crippen LogP contribution in [0.2, 0.25) is 0 Å². The van der Waals surface area contributed by atoms with Crippen molar-refractivity contribution in [1.82, 2.24) is 10.6 Å². The van der Waals surface area contributed by atoms with E-state index in [0.717, 1.165) is 12.1 Å². The van der Waals surface area contributed by atoms with Crippen LogP contribution in [0.25, 0.3) is 0 Å². The van der Waals surface area contributed by atoms with Crippen LogP contribution in [0.3, 0.4) is 0 Å². The number of nitrogens with one attached hydrogen (secondary N) is 2. The quantitative estimate of drug-likeness (QED) is 0.557. The molecule has 2 amide bonds. The molecule has 9 heteroatoms. The molecule has 0 spiro atoms. The number of carboxylic acids is 1. The highest BCUT2D eigenvalue weighted by Crippen LogP contribution is 2.15. The number of carboxylic acid groups (broad SMARTS) is 1. The van der Waals surface area contributed by atoms with Crippen molar-refractivity contribution in [2.45, 2.75) is 12.5 Å². The van der Waals surface area contributed by atoms with Gasteiger partial charge in [0.25, 0.3) is 0 Å². The number of halogens is 2. The van der Waals surface area contributed by atoms with Gasteiger partial charge < -0.3 is 25.6 Å². The van der Waals surface area contributed by atoms with E-state index < -0.39 is 29.7 Å². The van der Waals surface area contributed by atoms with Crippen LogP contribution in [0.5, 0.6) is 5.75 Å². The van der Waals surface area contributed by atoms with Crippen molar-refractivity contribution in [1.29, 1.82) is 0 Å². The van der Waals surface area contributed by atoms with Crippen molar-refractivity contribution in [2.24, 2.45) is 0 Å². The number of hydrogen-bond acceptors (Lipinski definition) is 4. The lowest BCUT2D eigenvalue weighted by Gasteiger charge is -2.13. The van der Waals surface area contributed by atoms with Gasteiger partial charge in [0.1, 0.15) is 18.5 Å². The van der Waals surface area contributed by atoms with E-state index in [1.54, 1.807) is 0 Å². The normalized spacial score (nSPS) is 11.6. The molecule has 0 aliphatic rings. The largest absolute Gasteiger partial charge is 0.491 e. The summed E-state index contributed by atoms with van der Waals surface area (Å²) in [5.74, 6) is -3.07. The molecule has 4 N–H and O–H groups in total. The summed E-state index contributed by atoms with van der Waals surface area (Å²) < 4.78 is 30.6. The van der Waals surface area contributed by atoms with Gasteiger partial charge in [0, 0.05) is 19.2 Å². The second-order valence-electron chi connectivity index (χ2n) is 4.32. The van der Waals surface area contributed by atoms with Crippen LogP contribution in [0.15, 0.2) is 18.2 Å². The van der Waals surface area contributed by atoms with E-state index >= 15 is 0 Å². The zero-order valence-corrected chi connectivity index (χ0v) is 11.5. The molecular formula is C13H16F2N2O5. The van der Waals surface area contributed by atoms with E-state index in [1.165, 1.54) is 6.07 Å². The lowest BCUT2D eigenvalue weighted by atomic mass is 10.3. The molecule has 0 radical (unpaired) electrons. The zero-order chi connectivity index (χ0) is 16.5. The summed E-state index contributed by atoms with van der Waals surface area (Å²) >= 11 is 0. The Morgan fingerprint density at radius 2 is 1.95 bits per heavy atom. The van der Waals surface area contributed by atoms with Crippen LogP contribution in [0.1, 0.15) is 6.42 Å². The van der Waals surface area contributed by atoms with Crippen LogP contribution < -0.4 is 15.4 Å². The first kappa shape index (κ1) is 17.6. The molecule has 0 saturated heterocycles. The first-order valence-electron chi connectivity index (χ1n) is 6.38. The number of aliphatic hydroxyl groups is 1. The fraction of sp³-hybridized carbons (Fsp3) is 0.385. The molecule has 0 aliphatic heterocycles. The van der Waals surface area contributed by atoms with Gasteiger partial charge in [-0.2, -0.15) is 0 Å². The molecule has 7 nitrogen and oxygen atoms in total. The minimum Gasteiger partial charge on any atom is -0.491 e. The number of aliphatic hydroxyl groups excluding tert-OH is 1. The van der Waals surface area contributed by atoms with E-state index in [2.05, 4.69) is 10.6 Å². The molecule has 122 valence electrons. The summed E-state index contributed by atoms with van der Waals surface area (Å²) in [4.78, 5) is 21.5. The zero-order valence-electron chi connectivity index (χ0n) is 11.5. The van der Waals surface area contributed by atoms with E-state index in [1.807, 2.05) is 0 Å². The van der Waals surface area contributed by atoms with E-state index in [0.29, 0.717) is 0 Å². The molecule has 0 heterocycles. The predicted octanol–water partition coefficient (Wildman–Crippen LogP) is 0.478. The summed E-state index contributed by atoms with van der Waals surface area (Å²) in [6.07, 6.45) is -1.28. The van der Waals surface area contributed by atoms with Gasteiger partial charge >= 0.3 is 12.0 Å².